The molecule has 0 spiro atoms. The third kappa shape index (κ3) is 3.29. The molecule has 0 radical (unpaired) electrons. The number of rotatable bonds is 3. The lowest BCUT2D eigenvalue weighted by atomic mass is 9.99. The highest BCUT2D eigenvalue weighted by atomic mass is 19.1. The topological polar surface area (TPSA) is 41.1 Å². The minimum Gasteiger partial charge on any atom is -0.352 e. The maximum Gasteiger partial charge on any atom is 0.251 e. The summed E-state index contributed by atoms with van der Waals surface area (Å²) in [6, 6.07) is 4.25. The van der Waals surface area contributed by atoms with Crippen LogP contribution in [0.25, 0.3) is 0 Å². The largest absolute Gasteiger partial charge is 0.352 e. The van der Waals surface area contributed by atoms with E-state index < -0.39 is 0 Å². The van der Waals surface area contributed by atoms with Crippen molar-refractivity contribution in [2.24, 2.45) is 5.92 Å². The highest BCUT2D eigenvalue weighted by molar-refractivity contribution is 5.95. The molecule has 1 aromatic carbocycles. The molecule has 0 saturated carbocycles. The van der Waals surface area contributed by atoms with E-state index in [1.54, 1.807) is 13.0 Å². The number of carbonyl (C=O) groups is 1. The number of hydrogen-bond donors (Lipinski definition) is 2. The van der Waals surface area contributed by atoms with E-state index in [-0.39, 0.29) is 11.7 Å². The Balaban J connectivity index is 1.90. The molecule has 4 heteroatoms. The van der Waals surface area contributed by atoms with Gasteiger partial charge in [0.05, 0.1) is 0 Å². The maximum absolute atomic E-state index is 12.9. The average molecular weight is 250 g/mol. The molecule has 0 aliphatic carbocycles. The second-order valence-electron chi connectivity index (χ2n) is 4.88. The van der Waals surface area contributed by atoms with Crippen molar-refractivity contribution in [1.82, 2.24) is 10.6 Å². The molecule has 1 fully saturated rings. The lowest BCUT2D eigenvalue weighted by molar-refractivity contribution is 0.0944. The summed E-state index contributed by atoms with van der Waals surface area (Å²) in [6.07, 6.45) is 2.31. The van der Waals surface area contributed by atoms with E-state index in [4.69, 9.17) is 0 Å². The third-order valence-corrected chi connectivity index (χ3v) is 3.38. The molecule has 1 atom stereocenters. The minimum atomic E-state index is -0.305. The van der Waals surface area contributed by atoms with Gasteiger partial charge in [-0.25, -0.2) is 4.39 Å². The Bertz CT molecular complexity index is 428. The lowest BCUT2D eigenvalue weighted by Gasteiger charge is -2.23. The summed E-state index contributed by atoms with van der Waals surface area (Å²) in [6.45, 7) is 4.47. The van der Waals surface area contributed by atoms with Gasteiger partial charge in [-0.1, -0.05) is 0 Å². The van der Waals surface area contributed by atoms with Gasteiger partial charge in [-0.3, -0.25) is 4.79 Å². The van der Waals surface area contributed by atoms with Crippen molar-refractivity contribution in [1.29, 1.82) is 0 Å². The number of halogens is 1. The minimum absolute atomic E-state index is 0.113. The predicted molar refractivity (Wildman–Crippen MR) is 69.1 cm³/mol. The number of aryl methyl sites for hydroxylation is 1. The molecule has 98 valence electrons. The smallest absolute Gasteiger partial charge is 0.251 e. The molecule has 2 rings (SSSR count). The first-order chi connectivity index (χ1) is 8.66. The quantitative estimate of drug-likeness (QED) is 0.859. The Hall–Kier alpha value is -1.42. The first-order valence-electron chi connectivity index (χ1n) is 6.42. The first kappa shape index (κ1) is 13.0. The molecule has 1 heterocycles. The lowest BCUT2D eigenvalue weighted by Crippen LogP contribution is -2.38. The third-order valence-electron chi connectivity index (χ3n) is 3.38. The highest BCUT2D eigenvalue weighted by Gasteiger charge is 2.15. The molecule has 1 unspecified atom stereocenters. The summed E-state index contributed by atoms with van der Waals surface area (Å²) in [5.74, 6) is 0.0852. The van der Waals surface area contributed by atoms with Gasteiger partial charge >= 0.3 is 0 Å². The van der Waals surface area contributed by atoms with E-state index in [2.05, 4.69) is 10.6 Å². The van der Waals surface area contributed by atoms with E-state index in [1.807, 2.05) is 0 Å². The van der Waals surface area contributed by atoms with Crippen LogP contribution in [0.2, 0.25) is 0 Å². The Labute approximate surface area is 107 Å². The Morgan fingerprint density at radius 1 is 1.56 bits per heavy atom. The van der Waals surface area contributed by atoms with Crippen LogP contribution in [0.3, 0.4) is 0 Å². The van der Waals surface area contributed by atoms with Gasteiger partial charge in [-0.15, -0.1) is 0 Å². The van der Waals surface area contributed by atoms with Crippen molar-refractivity contribution in [3.8, 4) is 0 Å². The Morgan fingerprint density at radius 2 is 2.39 bits per heavy atom. The number of nitrogens with one attached hydrogen (secondary N) is 2. The van der Waals surface area contributed by atoms with E-state index >= 15 is 0 Å². The number of amides is 1. The van der Waals surface area contributed by atoms with E-state index in [0.717, 1.165) is 25.9 Å². The van der Waals surface area contributed by atoms with Gasteiger partial charge in [0, 0.05) is 12.1 Å². The molecule has 2 N–H and O–H groups in total. The van der Waals surface area contributed by atoms with Gasteiger partial charge in [0.1, 0.15) is 5.82 Å². The van der Waals surface area contributed by atoms with Crippen LogP contribution in [-0.2, 0) is 0 Å². The summed E-state index contributed by atoms with van der Waals surface area (Å²) >= 11 is 0. The zero-order valence-electron chi connectivity index (χ0n) is 10.6. The van der Waals surface area contributed by atoms with Crippen LogP contribution in [0, 0.1) is 18.7 Å². The average Bonchev–Trinajstić information content (AvgIpc) is 2.37. The van der Waals surface area contributed by atoms with Gasteiger partial charge in [-0.05, 0) is 62.5 Å². The molecule has 0 bridgehead atoms. The van der Waals surface area contributed by atoms with Gasteiger partial charge in [0.25, 0.3) is 5.91 Å². The second kappa shape index (κ2) is 5.96. The van der Waals surface area contributed by atoms with Crippen molar-refractivity contribution in [3.05, 3.63) is 35.1 Å². The van der Waals surface area contributed by atoms with E-state index in [9.17, 15) is 9.18 Å². The van der Waals surface area contributed by atoms with Crippen LogP contribution < -0.4 is 10.6 Å². The van der Waals surface area contributed by atoms with E-state index in [0.29, 0.717) is 23.6 Å². The van der Waals surface area contributed by atoms with E-state index in [1.165, 1.54) is 12.1 Å². The molecule has 0 aromatic heterocycles. The second-order valence-corrected chi connectivity index (χ2v) is 4.88. The van der Waals surface area contributed by atoms with Crippen LogP contribution in [0.1, 0.15) is 28.8 Å². The molecular formula is C14H19FN2O. The zero-order valence-corrected chi connectivity index (χ0v) is 10.6. The van der Waals surface area contributed by atoms with Crippen molar-refractivity contribution in [2.75, 3.05) is 19.6 Å². The summed E-state index contributed by atoms with van der Waals surface area (Å²) < 4.78 is 12.9. The molecular weight excluding hydrogens is 231 g/mol. The van der Waals surface area contributed by atoms with Crippen LogP contribution >= 0.6 is 0 Å². The monoisotopic (exact) mass is 250 g/mol. The molecule has 1 amide bonds. The van der Waals surface area contributed by atoms with Crippen molar-refractivity contribution in [2.45, 2.75) is 19.8 Å². The highest BCUT2D eigenvalue weighted by Crippen LogP contribution is 2.11. The summed E-state index contributed by atoms with van der Waals surface area (Å²) in [4.78, 5) is 12.0. The Morgan fingerprint density at radius 3 is 3.06 bits per heavy atom. The number of benzene rings is 1. The fourth-order valence-corrected chi connectivity index (χ4v) is 2.31. The van der Waals surface area contributed by atoms with Gasteiger partial charge in [-0.2, -0.15) is 0 Å². The standard InChI is InChI=1S/C14H19FN2O/c1-10-7-12(15)4-5-13(10)14(18)17-9-11-3-2-6-16-8-11/h4-5,7,11,16H,2-3,6,8-9H2,1H3,(H,17,18). The Kier molecular flexibility index (Phi) is 4.31. The predicted octanol–water partition coefficient (Wildman–Crippen LogP) is 1.86. The SMILES string of the molecule is Cc1cc(F)ccc1C(=O)NCC1CCCNC1. The zero-order chi connectivity index (χ0) is 13.0. The summed E-state index contributed by atoms with van der Waals surface area (Å²) in [7, 11) is 0. The van der Waals surface area contributed by atoms with Crippen molar-refractivity contribution < 1.29 is 9.18 Å². The molecule has 1 aromatic rings. The molecule has 3 nitrogen and oxygen atoms in total. The molecule has 18 heavy (non-hydrogen) atoms. The van der Waals surface area contributed by atoms with Gasteiger partial charge in [0.2, 0.25) is 0 Å². The van der Waals surface area contributed by atoms with Crippen LogP contribution in [-0.4, -0.2) is 25.5 Å². The molecule has 1 aliphatic rings. The molecule has 1 saturated heterocycles. The first-order valence-corrected chi connectivity index (χ1v) is 6.42. The van der Waals surface area contributed by atoms with Crippen molar-refractivity contribution in [3.63, 3.8) is 0 Å². The number of carbonyl (C=O) groups excluding carboxylic acids is 1. The summed E-state index contributed by atoms with van der Waals surface area (Å²) in [5.41, 5.74) is 1.23. The fraction of sp³-hybridized carbons (Fsp3) is 0.500. The van der Waals surface area contributed by atoms with Crippen LogP contribution in [0.5, 0.6) is 0 Å². The van der Waals surface area contributed by atoms with Gasteiger partial charge in [0.15, 0.2) is 0 Å². The van der Waals surface area contributed by atoms with Gasteiger partial charge < -0.3 is 10.6 Å². The molecule has 1 aliphatic heterocycles. The van der Waals surface area contributed by atoms with Crippen LogP contribution in [0.4, 0.5) is 4.39 Å². The number of piperidine rings is 1. The van der Waals surface area contributed by atoms with Crippen LogP contribution in [0.15, 0.2) is 18.2 Å². The van der Waals surface area contributed by atoms with Crippen molar-refractivity contribution >= 4 is 5.91 Å². The fourth-order valence-electron chi connectivity index (χ4n) is 2.31. The number of hydrogen-bond acceptors (Lipinski definition) is 2. The summed E-state index contributed by atoms with van der Waals surface area (Å²) in [5, 5.41) is 6.24. The maximum atomic E-state index is 12.9. The normalized spacial score (nSPS) is 19.6.